The summed E-state index contributed by atoms with van der Waals surface area (Å²) in [6, 6.07) is 5.33. The number of benzene rings is 2. The van der Waals surface area contributed by atoms with Crippen molar-refractivity contribution in [2.24, 2.45) is 5.73 Å². The van der Waals surface area contributed by atoms with Gasteiger partial charge in [0.2, 0.25) is 17.3 Å². The number of aliphatic hydroxyl groups is 1. The Balaban J connectivity index is 1.58. The van der Waals surface area contributed by atoms with Gasteiger partial charge in [-0.25, -0.2) is 18.4 Å². The van der Waals surface area contributed by atoms with E-state index in [1.54, 1.807) is 6.92 Å². The molecule has 0 aliphatic heterocycles. The van der Waals surface area contributed by atoms with Gasteiger partial charge in [0.25, 0.3) is 5.91 Å². The van der Waals surface area contributed by atoms with Crippen molar-refractivity contribution in [2.45, 2.75) is 43.8 Å². The maximum atomic E-state index is 14.7. The lowest BCUT2D eigenvalue weighted by molar-refractivity contribution is -0.265. The number of carbonyl (C=O) groups excluding carboxylic acids is 2. The van der Waals surface area contributed by atoms with Crippen molar-refractivity contribution >= 4 is 45.9 Å². The number of carbonyl (C=O) groups is 2. The fourth-order valence-electron chi connectivity index (χ4n) is 4.88. The van der Waals surface area contributed by atoms with E-state index in [0.717, 1.165) is 22.9 Å². The van der Waals surface area contributed by atoms with E-state index in [4.69, 9.17) is 38.4 Å². The molecule has 2 heterocycles. The zero-order valence-electron chi connectivity index (χ0n) is 24.6. The molecule has 1 fully saturated rings. The maximum Gasteiger partial charge on any atom is 0.424 e. The van der Waals surface area contributed by atoms with Crippen LogP contribution in [0.3, 0.4) is 0 Å². The van der Waals surface area contributed by atoms with Gasteiger partial charge in [-0.05, 0) is 37.3 Å². The van der Waals surface area contributed by atoms with E-state index in [2.05, 4.69) is 15.4 Å². The van der Waals surface area contributed by atoms with E-state index >= 15 is 0 Å². The smallest absolute Gasteiger partial charge is 0.424 e. The number of pyridine rings is 1. The molecule has 47 heavy (non-hydrogen) atoms. The minimum atomic E-state index is -5.46. The third kappa shape index (κ3) is 6.51. The summed E-state index contributed by atoms with van der Waals surface area (Å²) in [4.78, 5) is 29.2. The number of nitrogens with two attached hydrogens (primary N) is 1. The summed E-state index contributed by atoms with van der Waals surface area (Å²) >= 11 is 11.9. The lowest BCUT2D eigenvalue weighted by atomic mass is 9.93. The molecule has 0 unspecified atom stereocenters. The third-order valence-corrected chi connectivity index (χ3v) is 8.04. The molecule has 2 aromatic carbocycles. The SMILES string of the molecule is CCOc1c(CC(N)=O)cc([C@@](O)(CNC(=O)c2cc(OC)c3nn(C4(F)CC4)cc3c2)C(F)(F)F)nc1-c1cc(Cl)c(F)c(Cl)c1. The van der Waals surface area contributed by atoms with Crippen LogP contribution in [0.2, 0.25) is 10.0 Å². The second kappa shape index (κ2) is 12.4. The van der Waals surface area contributed by atoms with Gasteiger partial charge in [-0.3, -0.25) is 9.59 Å². The van der Waals surface area contributed by atoms with Crippen molar-refractivity contribution in [1.82, 2.24) is 20.1 Å². The minimum Gasteiger partial charge on any atom is -0.494 e. The van der Waals surface area contributed by atoms with E-state index in [1.165, 1.54) is 25.4 Å². The molecule has 2 amide bonds. The third-order valence-electron chi connectivity index (χ3n) is 7.49. The summed E-state index contributed by atoms with van der Waals surface area (Å²) in [6.07, 6.45) is -4.25. The summed E-state index contributed by atoms with van der Waals surface area (Å²) in [5.41, 5.74) is -0.156. The van der Waals surface area contributed by atoms with E-state index in [1.807, 2.05) is 0 Å². The topological polar surface area (TPSA) is 142 Å². The Morgan fingerprint density at radius 2 is 1.81 bits per heavy atom. The predicted molar refractivity (Wildman–Crippen MR) is 161 cm³/mol. The van der Waals surface area contributed by atoms with E-state index in [9.17, 15) is 36.6 Å². The van der Waals surface area contributed by atoms with Crippen LogP contribution in [0.1, 0.15) is 41.4 Å². The van der Waals surface area contributed by atoms with Gasteiger partial charge in [0.15, 0.2) is 5.82 Å². The number of hydrogen-bond donors (Lipinski definition) is 3. The van der Waals surface area contributed by atoms with Crippen molar-refractivity contribution in [1.29, 1.82) is 0 Å². The molecule has 1 atom stereocenters. The summed E-state index contributed by atoms with van der Waals surface area (Å²) in [6.45, 7) is 0.0574. The van der Waals surface area contributed by atoms with Crippen LogP contribution in [0.4, 0.5) is 22.0 Å². The van der Waals surface area contributed by atoms with Crippen molar-refractivity contribution in [3.8, 4) is 22.8 Å². The normalized spacial score (nSPS) is 15.3. The zero-order chi connectivity index (χ0) is 34.5. The van der Waals surface area contributed by atoms with Crippen molar-refractivity contribution < 1.29 is 46.1 Å². The van der Waals surface area contributed by atoms with Crippen LogP contribution in [0.25, 0.3) is 22.2 Å². The first-order chi connectivity index (χ1) is 22.0. The molecule has 0 radical (unpaired) electrons. The zero-order valence-corrected chi connectivity index (χ0v) is 26.2. The maximum absolute atomic E-state index is 14.7. The average Bonchev–Trinajstić information content (AvgIpc) is 3.60. The lowest BCUT2D eigenvalue weighted by Crippen LogP contribution is -2.51. The Morgan fingerprint density at radius 3 is 2.36 bits per heavy atom. The Kier molecular flexibility index (Phi) is 9.03. The minimum absolute atomic E-state index is 0.0406. The number of primary amides is 1. The second-order valence-electron chi connectivity index (χ2n) is 10.8. The molecular formula is C30H26Cl2F5N5O5. The quantitative estimate of drug-likeness (QED) is 0.137. The molecule has 1 aliphatic carbocycles. The van der Waals surface area contributed by atoms with Gasteiger partial charge in [0, 0.05) is 41.1 Å². The molecule has 10 nitrogen and oxygen atoms in total. The number of methoxy groups -OCH3 is 1. The number of nitrogens with one attached hydrogen (secondary N) is 1. The van der Waals surface area contributed by atoms with Gasteiger partial charge in [0.1, 0.15) is 22.7 Å². The highest BCUT2D eigenvalue weighted by Gasteiger charge is 2.57. The van der Waals surface area contributed by atoms with E-state index in [0.29, 0.717) is 0 Å². The fourth-order valence-corrected chi connectivity index (χ4v) is 5.37. The average molecular weight is 702 g/mol. The number of nitrogens with zero attached hydrogens (tertiary/aromatic N) is 3. The number of hydrogen-bond acceptors (Lipinski definition) is 7. The number of halogens is 7. The summed E-state index contributed by atoms with van der Waals surface area (Å²) < 4.78 is 85.0. The highest BCUT2D eigenvalue weighted by atomic mass is 35.5. The molecular weight excluding hydrogens is 676 g/mol. The number of fused-ring (bicyclic) bond motifs is 1. The summed E-state index contributed by atoms with van der Waals surface area (Å²) in [5.74, 6) is -4.81. The molecule has 1 saturated carbocycles. The van der Waals surface area contributed by atoms with Crippen molar-refractivity contribution in [3.63, 3.8) is 0 Å². The summed E-state index contributed by atoms with van der Waals surface area (Å²) in [7, 11) is 1.28. The molecule has 2 aromatic heterocycles. The number of alkyl halides is 4. The van der Waals surface area contributed by atoms with Crippen LogP contribution in [-0.4, -0.2) is 58.1 Å². The number of aromatic nitrogens is 3. The number of amides is 2. The standard InChI is InChI=1S/C30H26Cl2F5N5O5/c1-3-47-26-15(11-22(38)43)10-21(40-25(26)14-7-18(31)23(33)19(32)8-14)29(45,30(35,36)37)13-39-27(44)16-6-17-12-42(28(34)4-5-28)41-24(17)20(9-16)46-2/h6-10,12,45H,3-5,11,13H2,1-2H3,(H2,38,43)(H,39,44)/t29-/m0/s1. The van der Waals surface area contributed by atoms with Crippen LogP contribution < -0.4 is 20.5 Å². The Labute approximate surface area is 273 Å². The monoisotopic (exact) mass is 701 g/mol. The van der Waals surface area contributed by atoms with Crippen LogP contribution in [0.15, 0.2) is 36.5 Å². The molecule has 4 aromatic rings. The molecule has 1 aliphatic rings. The molecule has 4 N–H and O–H groups in total. The lowest BCUT2D eigenvalue weighted by Gasteiger charge is -2.31. The fraction of sp³-hybridized carbons (Fsp3) is 0.333. The highest BCUT2D eigenvalue weighted by Crippen LogP contribution is 2.46. The molecule has 5 rings (SSSR count). The number of rotatable bonds is 11. The van der Waals surface area contributed by atoms with Gasteiger partial charge >= 0.3 is 6.18 Å². The van der Waals surface area contributed by atoms with Gasteiger partial charge in [-0.1, -0.05) is 23.2 Å². The van der Waals surface area contributed by atoms with Gasteiger partial charge in [0.05, 0.1) is 42.4 Å². The first kappa shape index (κ1) is 34.1. The first-order valence-electron chi connectivity index (χ1n) is 14.0. The van der Waals surface area contributed by atoms with Crippen LogP contribution in [0.5, 0.6) is 11.5 Å². The Morgan fingerprint density at radius 1 is 1.15 bits per heavy atom. The van der Waals surface area contributed by atoms with E-state index in [-0.39, 0.29) is 64.2 Å². The Hall–Kier alpha value is -4.21. The predicted octanol–water partition coefficient (Wildman–Crippen LogP) is 5.58. The molecule has 250 valence electrons. The number of ether oxygens (including phenoxy) is 2. The summed E-state index contributed by atoms with van der Waals surface area (Å²) in [5, 5.41) is 16.8. The van der Waals surface area contributed by atoms with Crippen LogP contribution in [-0.2, 0) is 22.6 Å². The molecule has 17 heteroatoms. The van der Waals surface area contributed by atoms with E-state index < -0.39 is 63.9 Å². The van der Waals surface area contributed by atoms with Crippen molar-refractivity contribution in [2.75, 3.05) is 20.3 Å². The van der Waals surface area contributed by atoms with Crippen molar-refractivity contribution in [3.05, 3.63) is 69.2 Å². The van der Waals surface area contributed by atoms with Gasteiger partial charge in [-0.15, -0.1) is 0 Å². The molecule has 0 saturated heterocycles. The largest absolute Gasteiger partial charge is 0.494 e. The molecule has 0 spiro atoms. The second-order valence-corrected chi connectivity index (χ2v) is 11.6. The first-order valence-corrected chi connectivity index (χ1v) is 14.7. The molecule has 0 bridgehead atoms. The highest BCUT2D eigenvalue weighted by molar-refractivity contribution is 6.35. The Bertz CT molecular complexity index is 1880. The van der Waals surface area contributed by atoms with Crippen LogP contribution in [0, 0.1) is 5.82 Å². The van der Waals surface area contributed by atoms with Gasteiger partial charge < -0.3 is 25.6 Å². The van der Waals surface area contributed by atoms with Gasteiger partial charge in [-0.2, -0.15) is 18.3 Å². The van der Waals surface area contributed by atoms with Crippen LogP contribution >= 0.6 is 23.2 Å².